The predicted octanol–water partition coefficient (Wildman–Crippen LogP) is -0.303. The molecule has 0 aliphatic carbocycles. The average Bonchev–Trinajstić information content (AvgIpc) is 2.67. The molecule has 10 nitrogen and oxygen atoms in total. The van der Waals surface area contributed by atoms with E-state index in [1.54, 1.807) is 26.8 Å². The Balaban J connectivity index is 4.77. The number of aliphatic hydroxyl groups is 3. The summed E-state index contributed by atoms with van der Waals surface area (Å²) in [4.78, 5) is 47.5. The Kier molecular flexibility index (Phi) is 11.8. The Labute approximate surface area is 189 Å². The summed E-state index contributed by atoms with van der Waals surface area (Å²) in [5, 5.41) is 35.1. The van der Waals surface area contributed by atoms with Gasteiger partial charge < -0.3 is 35.5 Å². The van der Waals surface area contributed by atoms with Crippen LogP contribution in [0.2, 0.25) is 0 Å². The summed E-state index contributed by atoms with van der Waals surface area (Å²) >= 11 is 0. The van der Waals surface area contributed by atoms with Crippen molar-refractivity contribution in [2.75, 3.05) is 13.2 Å². The number of amides is 2. The summed E-state index contributed by atoms with van der Waals surface area (Å²) in [6.45, 7) is 12.0. The van der Waals surface area contributed by atoms with Gasteiger partial charge in [0.1, 0.15) is 43.2 Å². The number of hydrogen-bond acceptors (Lipinski definition) is 8. The van der Waals surface area contributed by atoms with Gasteiger partial charge in [-0.3, -0.25) is 14.4 Å². The van der Waals surface area contributed by atoms with Crippen LogP contribution in [-0.2, 0) is 23.9 Å². The second-order valence-corrected chi connectivity index (χ2v) is 9.77. The van der Waals surface area contributed by atoms with Gasteiger partial charge in [0.25, 0.3) is 0 Å². The Morgan fingerprint density at radius 3 is 2.00 bits per heavy atom. The van der Waals surface area contributed by atoms with Gasteiger partial charge in [-0.25, -0.2) is 0 Å². The van der Waals surface area contributed by atoms with Crippen molar-refractivity contribution >= 4 is 24.1 Å². The molecule has 0 aromatic rings. The molecule has 184 valence electrons. The molecule has 0 spiro atoms. The van der Waals surface area contributed by atoms with E-state index in [4.69, 9.17) is 4.74 Å². The van der Waals surface area contributed by atoms with Crippen molar-refractivity contribution in [1.82, 2.24) is 10.6 Å². The molecule has 2 amide bonds. The van der Waals surface area contributed by atoms with E-state index in [0.29, 0.717) is 0 Å². The lowest BCUT2D eigenvalue weighted by Crippen LogP contribution is -2.52. The van der Waals surface area contributed by atoms with Gasteiger partial charge in [0.2, 0.25) is 11.8 Å². The van der Waals surface area contributed by atoms with E-state index < -0.39 is 53.5 Å². The predicted molar refractivity (Wildman–Crippen MR) is 117 cm³/mol. The molecule has 0 radical (unpaired) electrons. The molecule has 0 heterocycles. The molecule has 0 aromatic carbocycles. The molecular weight excluding hydrogens is 420 g/mol. The molecule has 0 aliphatic heterocycles. The number of carbonyl (C=O) groups is 4. The zero-order valence-electron chi connectivity index (χ0n) is 19.9. The van der Waals surface area contributed by atoms with Crippen LogP contribution >= 0.6 is 0 Å². The van der Waals surface area contributed by atoms with E-state index in [0.717, 1.165) is 0 Å². The fourth-order valence-electron chi connectivity index (χ4n) is 2.28. The molecule has 10 heteroatoms. The van der Waals surface area contributed by atoms with Gasteiger partial charge in [-0.1, -0.05) is 32.9 Å². The number of hydrogen-bond donors (Lipinski definition) is 5. The van der Waals surface area contributed by atoms with Crippen molar-refractivity contribution in [3.8, 4) is 0 Å². The van der Waals surface area contributed by atoms with Crippen LogP contribution in [0.5, 0.6) is 0 Å². The SMILES string of the molecule is C[C@H](NC(=O)[C@H](C=O)[C@H](O)[C@@H](O)[C@H](O)/C=C/C(C)(C)C)C(=O)NCCOC(=O)C(C)(C)C. The van der Waals surface area contributed by atoms with Gasteiger partial charge >= 0.3 is 5.97 Å². The Morgan fingerprint density at radius 2 is 1.53 bits per heavy atom. The Morgan fingerprint density at radius 1 is 0.969 bits per heavy atom. The minimum atomic E-state index is -1.89. The van der Waals surface area contributed by atoms with Crippen molar-refractivity contribution in [2.45, 2.75) is 72.8 Å². The monoisotopic (exact) mass is 458 g/mol. The van der Waals surface area contributed by atoms with Crippen LogP contribution in [0.1, 0.15) is 48.5 Å². The lowest BCUT2D eigenvalue weighted by atomic mass is 9.91. The summed E-state index contributed by atoms with van der Waals surface area (Å²) < 4.78 is 5.02. The highest BCUT2D eigenvalue weighted by Crippen LogP contribution is 2.17. The van der Waals surface area contributed by atoms with Crippen molar-refractivity contribution in [3.63, 3.8) is 0 Å². The summed E-state index contributed by atoms with van der Waals surface area (Å²) in [6.07, 6.45) is -2.16. The maximum absolute atomic E-state index is 12.3. The second kappa shape index (κ2) is 12.7. The summed E-state index contributed by atoms with van der Waals surface area (Å²) in [6, 6.07) is -1.07. The average molecular weight is 459 g/mol. The van der Waals surface area contributed by atoms with Crippen molar-refractivity contribution in [1.29, 1.82) is 0 Å². The van der Waals surface area contributed by atoms with Gasteiger partial charge in [-0.2, -0.15) is 0 Å². The highest BCUT2D eigenvalue weighted by molar-refractivity contribution is 5.95. The lowest BCUT2D eigenvalue weighted by Gasteiger charge is -2.26. The molecular formula is C22H38N2O8. The molecule has 32 heavy (non-hydrogen) atoms. The number of esters is 1. The van der Waals surface area contributed by atoms with Crippen LogP contribution in [-0.4, -0.2) is 76.9 Å². The zero-order valence-corrected chi connectivity index (χ0v) is 19.9. The fraction of sp³-hybridized carbons (Fsp3) is 0.727. The van der Waals surface area contributed by atoms with E-state index in [9.17, 15) is 34.5 Å². The quantitative estimate of drug-likeness (QED) is 0.0926. The molecule has 0 unspecified atom stereocenters. The number of allylic oxidation sites excluding steroid dienone is 1. The van der Waals surface area contributed by atoms with Crippen molar-refractivity contribution < 1.29 is 39.2 Å². The number of ether oxygens (including phenoxy) is 1. The molecule has 0 aromatic heterocycles. The van der Waals surface area contributed by atoms with E-state index in [-0.39, 0.29) is 24.9 Å². The van der Waals surface area contributed by atoms with Crippen molar-refractivity contribution in [2.24, 2.45) is 16.7 Å². The largest absolute Gasteiger partial charge is 0.463 e. The molecule has 0 fully saturated rings. The molecule has 0 saturated heterocycles. The first-order valence-corrected chi connectivity index (χ1v) is 10.5. The number of nitrogens with one attached hydrogen (secondary N) is 2. The molecule has 0 aliphatic rings. The van der Waals surface area contributed by atoms with E-state index >= 15 is 0 Å². The minimum absolute atomic E-state index is 0.0195. The van der Waals surface area contributed by atoms with Crippen LogP contribution in [0.15, 0.2) is 12.2 Å². The van der Waals surface area contributed by atoms with Crippen LogP contribution in [0.3, 0.4) is 0 Å². The Bertz CT molecular complexity index is 678. The van der Waals surface area contributed by atoms with Gasteiger partial charge in [0.15, 0.2) is 0 Å². The first kappa shape index (κ1) is 29.7. The van der Waals surface area contributed by atoms with E-state index in [1.165, 1.54) is 13.0 Å². The van der Waals surface area contributed by atoms with E-state index in [1.807, 2.05) is 20.8 Å². The van der Waals surface area contributed by atoms with Gasteiger partial charge in [0.05, 0.1) is 12.0 Å². The number of aldehydes is 1. The molecule has 0 bridgehead atoms. The summed E-state index contributed by atoms with van der Waals surface area (Å²) in [7, 11) is 0. The minimum Gasteiger partial charge on any atom is -0.463 e. The molecule has 5 atom stereocenters. The normalized spacial score (nSPS) is 17.1. The van der Waals surface area contributed by atoms with Crippen LogP contribution in [0, 0.1) is 16.7 Å². The molecule has 5 N–H and O–H groups in total. The smallest absolute Gasteiger partial charge is 0.311 e. The highest BCUT2D eigenvalue weighted by atomic mass is 16.5. The Hall–Kier alpha value is -2.30. The van der Waals surface area contributed by atoms with Crippen LogP contribution in [0.4, 0.5) is 0 Å². The topological polar surface area (TPSA) is 162 Å². The number of rotatable bonds is 11. The third-order valence-electron chi connectivity index (χ3n) is 4.31. The number of carbonyl (C=O) groups excluding carboxylic acids is 4. The van der Waals surface area contributed by atoms with Gasteiger partial charge in [0, 0.05) is 0 Å². The summed E-state index contributed by atoms with van der Waals surface area (Å²) in [5.74, 6) is -3.71. The second-order valence-electron chi connectivity index (χ2n) is 9.77. The molecule has 0 rings (SSSR count). The summed E-state index contributed by atoms with van der Waals surface area (Å²) in [5.41, 5.74) is -0.961. The van der Waals surface area contributed by atoms with Gasteiger partial charge in [-0.15, -0.1) is 0 Å². The molecule has 0 saturated carbocycles. The van der Waals surface area contributed by atoms with Gasteiger partial charge in [-0.05, 0) is 33.1 Å². The van der Waals surface area contributed by atoms with Crippen molar-refractivity contribution in [3.05, 3.63) is 12.2 Å². The third kappa shape index (κ3) is 10.8. The van der Waals surface area contributed by atoms with Crippen LogP contribution in [0.25, 0.3) is 0 Å². The van der Waals surface area contributed by atoms with E-state index in [2.05, 4.69) is 10.6 Å². The van der Waals surface area contributed by atoms with Crippen LogP contribution < -0.4 is 10.6 Å². The number of aliphatic hydroxyl groups excluding tert-OH is 3. The maximum atomic E-state index is 12.3. The highest BCUT2D eigenvalue weighted by Gasteiger charge is 2.36. The maximum Gasteiger partial charge on any atom is 0.311 e. The standard InChI is InChI=1S/C22H38N2O8/c1-13(18(29)23-10-11-32-20(31)22(5,6)7)24-19(30)14(12-25)16(27)17(28)15(26)8-9-21(2,3)4/h8-9,12-17,26-28H,10-11H2,1-7H3,(H,23,29)(H,24,30)/b9-8+/t13-,14+,15+,16-,17-/m0/s1. The first-order valence-electron chi connectivity index (χ1n) is 10.5. The fourth-order valence-corrected chi connectivity index (χ4v) is 2.28. The lowest BCUT2D eigenvalue weighted by molar-refractivity contribution is -0.153. The third-order valence-corrected chi connectivity index (χ3v) is 4.31. The first-order chi connectivity index (χ1) is 14.5. The zero-order chi connectivity index (χ0) is 25.3.